The maximum Gasteiger partial charge on any atom is 0.164 e. The Hall–Kier alpha value is -4.35. The van der Waals surface area contributed by atoms with Gasteiger partial charge in [-0.2, -0.15) is 5.10 Å². The zero-order valence-electron chi connectivity index (χ0n) is 20.2. The molecule has 180 valence electrons. The first-order valence-electron chi connectivity index (χ1n) is 12.6. The fourth-order valence-electron chi connectivity index (χ4n) is 5.41. The van der Waals surface area contributed by atoms with Gasteiger partial charge in [0.15, 0.2) is 5.65 Å². The normalized spacial score (nSPS) is 14.6. The van der Waals surface area contributed by atoms with E-state index in [1.54, 1.807) is 12.1 Å². The zero-order valence-corrected chi connectivity index (χ0v) is 20.2. The van der Waals surface area contributed by atoms with E-state index in [4.69, 9.17) is 15.8 Å². The number of nitrogens with zero attached hydrogens (tertiary/aromatic N) is 3. The summed E-state index contributed by atoms with van der Waals surface area (Å²) in [5, 5.41) is 5.81. The van der Waals surface area contributed by atoms with Crippen LogP contribution in [0.2, 0.25) is 0 Å². The molecule has 37 heavy (non-hydrogen) atoms. The first kappa shape index (κ1) is 21.9. The average molecular weight is 485 g/mol. The number of benzene rings is 4. The molecule has 0 amide bonds. The van der Waals surface area contributed by atoms with E-state index in [9.17, 15) is 4.39 Å². The highest BCUT2D eigenvalue weighted by Gasteiger charge is 2.34. The molecule has 0 aliphatic heterocycles. The Morgan fingerprint density at radius 3 is 2.14 bits per heavy atom. The van der Waals surface area contributed by atoms with Gasteiger partial charge in [0.1, 0.15) is 5.82 Å². The Morgan fingerprint density at radius 2 is 1.43 bits per heavy atom. The van der Waals surface area contributed by atoms with Crippen molar-refractivity contribution in [1.29, 1.82) is 0 Å². The number of rotatable bonds is 4. The van der Waals surface area contributed by atoms with Crippen LogP contribution in [0.1, 0.15) is 24.8 Å². The van der Waals surface area contributed by atoms with Gasteiger partial charge in [-0.15, -0.1) is 0 Å². The predicted molar refractivity (Wildman–Crippen MR) is 146 cm³/mol. The second kappa shape index (κ2) is 8.36. The Bertz CT molecular complexity index is 1750. The lowest BCUT2D eigenvalue weighted by Crippen LogP contribution is -2.43. The molecule has 0 spiro atoms. The van der Waals surface area contributed by atoms with Crippen LogP contribution in [0.4, 0.5) is 4.39 Å². The molecule has 2 aromatic heterocycles. The second-order valence-electron chi connectivity index (χ2n) is 9.93. The Balaban J connectivity index is 1.47. The summed E-state index contributed by atoms with van der Waals surface area (Å²) >= 11 is 0. The minimum absolute atomic E-state index is 0.204. The number of nitrogens with two attached hydrogens (primary N) is 1. The molecule has 2 heterocycles. The number of hydrogen-bond donors (Lipinski definition) is 1. The third-order valence-electron chi connectivity index (χ3n) is 7.64. The van der Waals surface area contributed by atoms with Gasteiger partial charge in [0.25, 0.3) is 0 Å². The lowest BCUT2D eigenvalue weighted by molar-refractivity contribution is 0.253. The van der Waals surface area contributed by atoms with Crippen LogP contribution >= 0.6 is 0 Å². The SMILES string of the molecule is NC1(c2ccc(-c3nc4c5c(-c6ccc(F)cc6)cccc5nn4cc3-c3ccccc3)cc2)CCC1. The summed E-state index contributed by atoms with van der Waals surface area (Å²) in [6, 6.07) is 31.4. The molecule has 5 heteroatoms. The van der Waals surface area contributed by atoms with Gasteiger partial charge in [-0.3, -0.25) is 0 Å². The van der Waals surface area contributed by atoms with Crippen LogP contribution in [0.5, 0.6) is 0 Å². The summed E-state index contributed by atoms with van der Waals surface area (Å²) < 4.78 is 15.5. The summed E-state index contributed by atoms with van der Waals surface area (Å²) in [6.45, 7) is 0. The van der Waals surface area contributed by atoms with E-state index in [0.717, 1.165) is 62.9 Å². The third kappa shape index (κ3) is 3.62. The third-order valence-corrected chi connectivity index (χ3v) is 7.64. The van der Waals surface area contributed by atoms with Crippen molar-refractivity contribution in [3.8, 4) is 33.5 Å². The van der Waals surface area contributed by atoms with E-state index in [1.807, 2.05) is 40.9 Å². The summed E-state index contributed by atoms with van der Waals surface area (Å²) in [5.41, 5.74) is 15.1. The summed E-state index contributed by atoms with van der Waals surface area (Å²) in [4.78, 5) is 5.23. The Morgan fingerprint density at radius 1 is 0.730 bits per heavy atom. The molecule has 6 aromatic rings. The van der Waals surface area contributed by atoms with Crippen LogP contribution in [0.3, 0.4) is 0 Å². The van der Waals surface area contributed by atoms with Crippen molar-refractivity contribution >= 4 is 16.6 Å². The first-order chi connectivity index (χ1) is 18.1. The van der Waals surface area contributed by atoms with E-state index in [1.165, 1.54) is 24.1 Å². The molecule has 1 fully saturated rings. The minimum atomic E-state index is -0.256. The van der Waals surface area contributed by atoms with E-state index in [2.05, 4.69) is 42.6 Å². The number of hydrogen-bond acceptors (Lipinski definition) is 3. The standard InChI is InChI=1S/C32H25FN4/c33-25-16-12-22(13-17-25)26-8-4-9-28-29(26)31-35-30(23-10-14-24(15-11-23)32(34)18-5-19-32)27(20-37(31)36-28)21-6-2-1-3-7-21/h1-4,6-17,20H,5,18-19,34H2. The fraction of sp³-hybridized carbons (Fsp3) is 0.125. The van der Waals surface area contributed by atoms with Crippen LogP contribution < -0.4 is 5.73 Å². The largest absolute Gasteiger partial charge is 0.321 e. The van der Waals surface area contributed by atoms with E-state index in [-0.39, 0.29) is 11.4 Å². The van der Waals surface area contributed by atoms with Crippen LogP contribution in [0.15, 0.2) is 103 Å². The number of fused-ring (bicyclic) bond motifs is 3. The average Bonchev–Trinajstić information content (AvgIpc) is 3.30. The number of aromatic nitrogens is 3. The summed E-state index contributed by atoms with van der Waals surface area (Å²) in [5.74, 6) is -0.256. The topological polar surface area (TPSA) is 56.2 Å². The molecule has 4 aromatic carbocycles. The van der Waals surface area contributed by atoms with Gasteiger partial charge >= 0.3 is 0 Å². The van der Waals surface area contributed by atoms with Crippen molar-refractivity contribution in [2.24, 2.45) is 5.73 Å². The van der Waals surface area contributed by atoms with Gasteiger partial charge in [-0.1, -0.05) is 78.9 Å². The van der Waals surface area contributed by atoms with Crippen molar-refractivity contribution in [2.45, 2.75) is 24.8 Å². The smallest absolute Gasteiger partial charge is 0.164 e. The quantitative estimate of drug-likeness (QED) is 0.284. The molecule has 1 aliphatic rings. The molecule has 0 radical (unpaired) electrons. The van der Waals surface area contributed by atoms with Gasteiger partial charge in [0.2, 0.25) is 0 Å². The highest BCUT2D eigenvalue weighted by molar-refractivity contribution is 6.04. The molecule has 0 bridgehead atoms. The van der Waals surface area contributed by atoms with Crippen LogP contribution in [0, 0.1) is 5.82 Å². The maximum absolute atomic E-state index is 13.6. The fourth-order valence-corrected chi connectivity index (χ4v) is 5.41. The summed E-state index contributed by atoms with van der Waals surface area (Å²) in [7, 11) is 0. The van der Waals surface area contributed by atoms with Crippen molar-refractivity contribution in [3.63, 3.8) is 0 Å². The Labute approximate surface area is 214 Å². The molecule has 0 saturated heterocycles. The molecule has 4 nitrogen and oxygen atoms in total. The monoisotopic (exact) mass is 484 g/mol. The van der Waals surface area contributed by atoms with Crippen molar-refractivity contribution < 1.29 is 4.39 Å². The maximum atomic E-state index is 13.6. The minimum Gasteiger partial charge on any atom is -0.321 e. The highest BCUT2D eigenvalue weighted by Crippen LogP contribution is 2.40. The van der Waals surface area contributed by atoms with Gasteiger partial charge in [-0.25, -0.2) is 13.9 Å². The van der Waals surface area contributed by atoms with Crippen molar-refractivity contribution in [1.82, 2.24) is 14.6 Å². The Kier molecular flexibility index (Phi) is 4.94. The van der Waals surface area contributed by atoms with E-state index < -0.39 is 0 Å². The lowest BCUT2D eigenvalue weighted by Gasteiger charge is -2.38. The van der Waals surface area contributed by atoms with E-state index >= 15 is 0 Å². The molecule has 1 saturated carbocycles. The summed E-state index contributed by atoms with van der Waals surface area (Å²) in [6.07, 6.45) is 5.30. The van der Waals surface area contributed by atoms with Crippen LogP contribution in [-0.2, 0) is 5.54 Å². The molecule has 0 unspecified atom stereocenters. The van der Waals surface area contributed by atoms with Crippen molar-refractivity contribution in [2.75, 3.05) is 0 Å². The van der Waals surface area contributed by atoms with Gasteiger partial charge in [0.05, 0.1) is 16.6 Å². The zero-order chi connectivity index (χ0) is 25.0. The highest BCUT2D eigenvalue weighted by atomic mass is 19.1. The van der Waals surface area contributed by atoms with Crippen LogP contribution in [0.25, 0.3) is 50.1 Å². The number of halogens is 1. The molecule has 0 atom stereocenters. The molecular weight excluding hydrogens is 459 g/mol. The second-order valence-corrected chi connectivity index (χ2v) is 9.93. The molecule has 2 N–H and O–H groups in total. The molecular formula is C32H25FN4. The van der Waals surface area contributed by atoms with Gasteiger partial charge in [-0.05, 0) is 59.7 Å². The molecule has 7 rings (SSSR count). The lowest BCUT2D eigenvalue weighted by atomic mass is 9.72. The van der Waals surface area contributed by atoms with Gasteiger partial charge < -0.3 is 5.73 Å². The predicted octanol–water partition coefficient (Wildman–Crippen LogP) is 7.36. The van der Waals surface area contributed by atoms with Crippen LogP contribution in [-0.4, -0.2) is 14.6 Å². The first-order valence-corrected chi connectivity index (χ1v) is 12.6. The van der Waals surface area contributed by atoms with Crippen molar-refractivity contribution in [3.05, 3.63) is 115 Å². The van der Waals surface area contributed by atoms with E-state index in [0.29, 0.717) is 0 Å². The molecule has 1 aliphatic carbocycles. The van der Waals surface area contributed by atoms with Gasteiger partial charge in [0, 0.05) is 22.9 Å².